The molecule has 0 radical (unpaired) electrons. The molecular formula is C6H7N3O2. The molecule has 0 saturated carbocycles. The van der Waals surface area contributed by atoms with Crippen LogP contribution in [0, 0.1) is 0 Å². The van der Waals surface area contributed by atoms with Gasteiger partial charge in [0.05, 0.1) is 0 Å². The van der Waals surface area contributed by atoms with Crippen LogP contribution in [0.4, 0.5) is 5.82 Å². The standard InChI is InChI=1S/C6H7N3O2/c1-7-5-4(6(10)11)2-8-3-9-5/h2-3H,1H3,(H,10,11)(H,7,8,9). The number of carboxylic acid groups (broad SMARTS) is 1. The van der Waals surface area contributed by atoms with Gasteiger partial charge in [0.15, 0.2) is 0 Å². The van der Waals surface area contributed by atoms with Crippen molar-refractivity contribution in [1.29, 1.82) is 0 Å². The molecule has 1 aromatic rings. The topological polar surface area (TPSA) is 75.1 Å². The fourth-order valence-electron chi connectivity index (χ4n) is 0.685. The predicted molar refractivity (Wildman–Crippen MR) is 38.5 cm³/mol. The SMILES string of the molecule is CNc1ncncc1C(=O)O. The molecule has 0 fully saturated rings. The molecule has 0 unspecified atom stereocenters. The third kappa shape index (κ3) is 1.43. The van der Waals surface area contributed by atoms with E-state index in [0.29, 0.717) is 5.82 Å². The van der Waals surface area contributed by atoms with Crippen LogP contribution in [0.15, 0.2) is 12.5 Å². The molecule has 0 bridgehead atoms. The summed E-state index contributed by atoms with van der Waals surface area (Å²) in [6, 6.07) is 0. The molecular weight excluding hydrogens is 146 g/mol. The second-order valence-electron chi connectivity index (χ2n) is 1.84. The highest BCUT2D eigenvalue weighted by Crippen LogP contribution is 2.07. The van der Waals surface area contributed by atoms with E-state index < -0.39 is 5.97 Å². The average molecular weight is 153 g/mol. The number of hydrogen-bond acceptors (Lipinski definition) is 4. The van der Waals surface area contributed by atoms with Gasteiger partial charge >= 0.3 is 5.97 Å². The second kappa shape index (κ2) is 2.96. The van der Waals surface area contributed by atoms with Crippen molar-refractivity contribution in [1.82, 2.24) is 9.97 Å². The van der Waals surface area contributed by atoms with E-state index in [1.807, 2.05) is 0 Å². The molecule has 0 saturated heterocycles. The predicted octanol–water partition coefficient (Wildman–Crippen LogP) is 0.217. The van der Waals surface area contributed by atoms with Crippen LogP contribution in [0.25, 0.3) is 0 Å². The van der Waals surface area contributed by atoms with Crippen molar-refractivity contribution in [2.24, 2.45) is 0 Å². The molecule has 0 aromatic carbocycles. The molecule has 0 aliphatic rings. The van der Waals surface area contributed by atoms with Gasteiger partial charge in [-0.05, 0) is 0 Å². The Morgan fingerprint density at radius 1 is 1.73 bits per heavy atom. The Morgan fingerprint density at radius 2 is 2.45 bits per heavy atom. The summed E-state index contributed by atoms with van der Waals surface area (Å²) in [6.07, 6.45) is 2.54. The number of carboxylic acids is 1. The monoisotopic (exact) mass is 153 g/mol. The zero-order valence-corrected chi connectivity index (χ0v) is 5.90. The molecule has 1 heterocycles. The number of nitrogens with one attached hydrogen (secondary N) is 1. The van der Waals surface area contributed by atoms with Gasteiger partial charge in [-0.1, -0.05) is 0 Å². The fourth-order valence-corrected chi connectivity index (χ4v) is 0.685. The summed E-state index contributed by atoms with van der Waals surface area (Å²) in [5.74, 6) is -0.706. The molecule has 0 aliphatic carbocycles. The Hall–Kier alpha value is -1.65. The van der Waals surface area contributed by atoms with E-state index in [2.05, 4.69) is 15.3 Å². The molecule has 1 rings (SSSR count). The summed E-state index contributed by atoms with van der Waals surface area (Å²) in [7, 11) is 1.61. The highest BCUT2D eigenvalue weighted by atomic mass is 16.4. The summed E-state index contributed by atoms with van der Waals surface area (Å²) < 4.78 is 0. The minimum absolute atomic E-state index is 0.0787. The van der Waals surface area contributed by atoms with Crippen LogP contribution < -0.4 is 5.32 Å². The Morgan fingerprint density at radius 3 is 2.91 bits per heavy atom. The van der Waals surface area contributed by atoms with E-state index in [-0.39, 0.29) is 5.56 Å². The molecule has 2 N–H and O–H groups in total. The van der Waals surface area contributed by atoms with Crippen molar-refractivity contribution in [3.05, 3.63) is 18.1 Å². The first-order valence-electron chi connectivity index (χ1n) is 2.96. The van der Waals surface area contributed by atoms with Crippen LogP contribution >= 0.6 is 0 Å². The van der Waals surface area contributed by atoms with E-state index in [4.69, 9.17) is 5.11 Å². The van der Waals surface area contributed by atoms with Crippen molar-refractivity contribution >= 4 is 11.8 Å². The molecule has 5 nitrogen and oxygen atoms in total. The summed E-state index contributed by atoms with van der Waals surface area (Å²) in [5.41, 5.74) is 0.0787. The highest BCUT2D eigenvalue weighted by Gasteiger charge is 2.08. The zero-order valence-electron chi connectivity index (χ0n) is 5.90. The molecule has 0 aliphatic heterocycles. The van der Waals surface area contributed by atoms with E-state index in [1.165, 1.54) is 12.5 Å². The Kier molecular flexibility index (Phi) is 2.00. The van der Waals surface area contributed by atoms with Crippen molar-refractivity contribution in [3.8, 4) is 0 Å². The summed E-state index contributed by atoms with van der Waals surface area (Å²) in [4.78, 5) is 17.8. The van der Waals surface area contributed by atoms with E-state index in [9.17, 15) is 4.79 Å². The van der Waals surface area contributed by atoms with Gasteiger partial charge in [0.2, 0.25) is 0 Å². The Bertz CT molecular complexity index is 274. The zero-order chi connectivity index (χ0) is 8.27. The van der Waals surface area contributed by atoms with Gasteiger partial charge in [-0.15, -0.1) is 0 Å². The maximum Gasteiger partial charge on any atom is 0.341 e. The quantitative estimate of drug-likeness (QED) is 0.635. The minimum atomic E-state index is -1.03. The number of carbonyl (C=O) groups is 1. The van der Waals surface area contributed by atoms with Gasteiger partial charge in [-0.3, -0.25) is 0 Å². The number of rotatable bonds is 2. The van der Waals surface area contributed by atoms with E-state index in [1.54, 1.807) is 7.05 Å². The van der Waals surface area contributed by atoms with Gasteiger partial charge in [-0.25, -0.2) is 14.8 Å². The lowest BCUT2D eigenvalue weighted by molar-refractivity contribution is 0.0697. The first-order valence-corrected chi connectivity index (χ1v) is 2.96. The molecule has 11 heavy (non-hydrogen) atoms. The molecule has 0 spiro atoms. The average Bonchev–Trinajstić information content (AvgIpc) is 2.04. The van der Waals surface area contributed by atoms with E-state index >= 15 is 0 Å². The van der Waals surface area contributed by atoms with Crippen molar-refractivity contribution < 1.29 is 9.90 Å². The van der Waals surface area contributed by atoms with Crippen LogP contribution in [0.3, 0.4) is 0 Å². The summed E-state index contributed by atoms with van der Waals surface area (Å²) >= 11 is 0. The van der Waals surface area contributed by atoms with Gasteiger partial charge in [-0.2, -0.15) is 0 Å². The first kappa shape index (κ1) is 7.46. The third-order valence-electron chi connectivity index (χ3n) is 1.18. The second-order valence-corrected chi connectivity index (χ2v) is 1.84. The summed E-state index contributed by atoms with van der Waals surface area (Å²) in [5, 5.41) is 11.2. The van der Waals surface area contributed by atoms with Crippen LogP contribution in [0.1, 0.15) is 10.4 Å². The largest absolute Gasteiger partial charge is 0.477 e. The number of aromatic carboxylic acids is 1. The number of hydrogen-bond donors (Lipinski definition) is 2. The molecule has 0 amide bonds. The minimum Gasteiger partial charge on any atom is -0.477 e. The lowest BCUT2D eigenvalue weighted by atomic mass is 10.3. The molecule has 0 atom stereocenters. The summed E-state index contributed by atoms with van der Waals surface area (Å²) in [6.45, 7) is 0. The van der Waals surface area contributed by atoms with Crippen LogP contribution in [0.2, 0.25) is 0 Å². The van der Waals surface area contributed by atoms with Gasteiger partial charge in [0.1, 0.15) is 17.7 Å². The lowest BCUT2D eigenvalue weighted by Gasteiger charge is -2.00. The number of anilines is 1. The van der Waals surface area contributed by atoms with Gasteiger partial charge < -0.3 is 10.4 Å². The molecule has 58 valence electrons. The van der Waals surface area contributed by atoms with Crippen LogP contribution in [-0.2, 0) is 0 Å². The van der Waals surface area contributed by atoms with Crippen LogP contribution in [0.5, 0.6) is 0 Å². The Labute approximate surface area is 63.1 Å². The van der Waals surface area contributed by atoms with Gasteiger partial charge in [0, 0.05) is 13.2 Å². The number of nitrogens with zero attached hydrogens (tertiary/aromatic N) is 2. The van der Waals surface area contributed by atoms with Gasteiger partial charge in [0.25, 0.3) is 0 Å². The van der Waals surface area contributed by atoms with Crippen molar-refractivity contribution in [2.45, 2.75) is 0 Å². The Balaban J connectivity index is 3.12. The smallest absolute Gasteiger partial charge is 0.341 e. The molecule has 1 aromatic heterocycles. The lowest BCUT2D eigenvalue weighted by Crippen LogP contribution is -2.04. The molecule has 5 heteroatoms. The normalized spacial score (nSPS) is 9.18. The first-order chi connectivity index (χ1) is 5.25. The number of aromatic nitrogens is 2. The van der Waals surface area contributed by atoms with E-state index in [0.717, 1.165) is 0 Å². The van der Waals surface area contributed by atoms with Crippen molar-refractivity contribution in [2.75, 3.05) is 12.4 Å². The van der Waals surface area contributed by atoms with Crippen LogP contribution in [-0.4, -0.2) is 28.1 Å². The fraction of sp³-hybridized carbons (Fsp3) is 0.167. The maximum atomic E-state index is 10.5. The van der Waals surface area contributed by atoms with Crippen molar-refractivity contribution in [3.63, 3.8) is 0 Å². The highest BCUT2D eigenvalue weighted by molar-refractivity contribution is 5.92. The third-order valence-corrected chi connectivity index (χ3v) is 1.18. The maximum absolute atomic E-state index is 10.5.